The number of hydrogen-bond donors (Lipinski definition) is 2. The molecule has 0 bridgehead atoms. The Morgan fingerprint density at radius 1 is 1.35 bits per heavy atom. The largest absolute Gasteiger partial charge is 0.508 e. The number of nitrogens with one attached hydrogen (secondary N) is 1. The molecule has 0 aromatic heterocycles. The average Bonchev–Trinajstić information content (AvgIpc) is 2.48. The quantitative estimate of drug-likeness (QED) is 0.897. The molecule has 1 amide bonds. The topological polar surface area (TPSA) is 61.8 Å². The highest BCUT2D eigenvalue weighted by atomic mass is 16.6. The molecule has 1 aliphatic heterocycles. The van der Waals surface area contributed by atoms with Crippen molar-refractivity contribution in [2.75, 3.05) is 20.1 Å². The molecular formula is C18H28N2O3. The van der Waals surface area contributed by atoms with Gasteiger partial charge in [0.15, 0.2) is 0 Å². The van der Waals surface area contributed by atoms with Crippen LogP contribution < -0.4 is 5.32 Å². The third-order valence-electron chi connectivity index (χ3n) is 4.14. The first-order chi connectivity index (χ1) is 10.8. The van der Waals surface area contributed by atoms with Crippen LogP contribution in [0.2, 0.25) is 0 Å². The maximum absolute atomic E-state index is 12.3. The summed E-state index contributed by atoms with van der Waals surface area (Å²) in [5.41, 5.74) is 0.657. The molecule has 5 heteroatoms. The molecule has 2 rings (SSSR count). The number of carbonyl (C=O) groups excluding carboxylic acids is 1. The predicted octanol–water partition coefficient (Wildman–Crippen LogP) is 3.30. The molecule has 1 heterocycles. The number of piperidine rings is 1. The van der Waals surface area contributed by atoms with E-state index in [1.54, 1.807) is 12.1 Å². The number of carbonyl (C=O) groups is 1. The third kappa shape index (κ3) is 4.86. The molecule has 1 aromatic carbocycles. The zero-order valence-electron chi connectivity index (χ0n) is 14.5. The number of nitrogens with zero attached hydrogens (tertiary/aromatic N) is 1. The molecule has 128 valence electrons. The van der Waals surface area contributed by atoms with Crippen LogP contribution >= 0.6 is 0 Å². The number of hydrogen-bond acceptors (Lipinski definition) is 4. The van der Waals surface area contributed by atoms with Crippen molar-refractivity contribution in [2.24, 2.45) is 5.92 Å². The number of rotatable bonds is 3. The van der Waals surface area contributed by atoms with Crippen molar-refractivity contribution in [1.29, 1.82) is 0 Å². The van der Waals surface area contributed by atoms with Gasteiger partial charge in [-0.15, -0.1) is 0 Å². The number of phenols is 1. The van der Waals surface area contributed by atoms with E-state index >= 15 is 0 Å². The molecule has 1 saturated heterocycles. The van der Waals surface area contributed by atoms with Crippen molar-refractivity contribution >= 4 is 6.09 Å². The van der Waals surface area contributed by atoms with Crippen LogP contribution in [0.4, 0.5) is 4.79 Å². The minimum Gasteiger partial charge on any atom is -0.508 e. The molecule has 1 fully saturated rings. The van der Waals surface area contributed by atoms with Gasteiger partial charge in [0, 0.05) is 19.1 Å². The molecule has 1 aromatic rings. The van der Waals surface area contributed by atoms with Gasteiger partial charge < -0.3 is 20.1 Å². The second kappa shape index (κ2) is 7.21. The number of phenolic OH excluding ortho intramolecular Hbond substituents is 1. The summed E-state index contributed by atoms with van der Waals surface area (Å²) >= 11 is 0. The lowest BCUT2D eigenvalue weighted by molar-refractivity contribution is 0.0145. The molecule has 0 saturated carbocycles. The molecule has 2 atom stereocenters. The molecule has 1 aliphatic rings. The Morgan fingerprint density at radius 2 is 2.00 bits per heavy atom. The standard InChI is InChI=1S/C18H28N2O3/c1-18(2,3)23-17(22)20-11-5-6-14(12-20)16(19-4)13-7-9-15(21)10-8-13/h7-10,14,16,19,21H,5-6,11-12H2,1-4H3. The number of likely N-dealkylation sites (tertiary alicyclic amines) is 1. The summed E-state index contributed by atoms with van der Waals surface area (Å²) in [4.78, 5) is 14.1. The van der Waals surface area contributed by atoms with Gasteiger partial charge in [0.1, 0.15) is 11.4 Å². The van der Waals surface area contributed by atoms with E-state index in [2.05, 4.69) is 5.32 Å². The first-order valence-electron chi connectivity index (χ1n) is 8.24. The van der Waals surface area contributed by atoms with Gasteiger partial charge in [0.05, 0.1) is 0 Å². The monoisotopic (exact) mass is 320 g/mol. The van der Waals surface area contributed by atoms with E-state index in [9.17, 15) is 9.90 Å². The summed E-state index contributed by atoms with van der Waals surface area (Å²) in [6.07, 6.45) is 1.80. The molecule has 23 heavy (non-hydrogen) atoms. The fourth-order valence-corrected chi connectivity index (χ4v) is 3.13. The van der Waals surface area contributed by atoms with E-state index < -0.39 is 5.60 Å². The van der Waals surface area contributed by atoms with E-state index in [0.717, 1.165) is 24.9 Å². The maximum atomic E-state index is 12.3. The average molecular weight is 320 g/mol. The van der Waals surface area contributed by atoms with Gasteiger partial charge in [-0.2, -0.15) is 0 Å². The van der Waals surface area contributed by atoms with E-state index in [0.29, 0.717) is 12.5 Å². The van der Waals surface area contributed by atoms with Crippen molar-refractivity contribution in [2.45, 2.75) is 45.3 Å². The Labute approximate surface area is 138 Å². The van der Waals surface area contributed by atoms with Gasteiger partial charge in [-0.1, -0.05) is 12.1 Å². The first kappa shape index (κ1) is 17.6. The summed E-state index contributed by atoms with van der Waals surface area (Å²) in [5, 5.41) is 12.8. The first-order valence-corrected chi connectivity index (χ1v) is 8.24. The Bertz CT molecular complexity index is 522. The van der Waals surface area contributed by atoms with E-state index in [-0.39, 0.29) is 17.9 Å². The Balaban J connectivity index is 2.06. The summed E-state index contributed by atoms with van der Waals surface area (Å²) in [6, 6.07) is 7.43. The van der Waals surface area contributed by atoms with Crippen molar-refractivity contribution in [1.82, 2.24) is 10.2 Å². The van der Waals surface area contributed by atoms with Crippen LogP contribution in [0.5, 0.6) is 5.75 Å². The van der Waals surface area contributed by atoms with E-state index in [1.807, 2.05) is 44.9 Å². The van der Waals surface area contributed by atoms with Gasteiger partial charge in [0.25, 0.3) is 0 Å². The van der Waals surface area contributed by atoms with Gasteiger partial charge in [-0.3, -0.25) is 0 Å². The molecule has 0 aliphatic carbocycles. The van der Waals surface area contributed by atoms with E-state index in [4.69, 9.17) is 4.74 Å². The second-order valence-electron chi connectivity index (χ2n) is 7.19. The molecule has 0 spiro atoms. The summed E-state index contributed by atoms with van der Waals surface area (Å²) in [6.45, 7) is 7.09. The minimum atomic E-state index is -0.469. The summed E-state index contributed by atoms with van der Waals surface area (Å²) in [7, 11) is 1.93. The van der Waals surface area contributed by atoms with E-state index in [1.165, 1.54) is 0 Å². The van der Waals surface area contributed by atoms with Crippen LogP contribution in [0.25, 0.3) is 0 Å². The van der Waals surface area contributed by atoms with Crippen molar-refractivity contribution in [3.8, 4) is 5.75 Å². The van der Waals surface area contributed by atoms with Crippen LogP contribution in [-0.4, -0.2) is 41.8 Å². The number of ether oxygens (including phenoxy) is 1. The van der Waals surface area contributed by atoms with Crippen LogP contribution in [-0.2, 0) is 4.74 Å². The van der Waals surface area contributed by atoms with Crippen molar-refractivity contribution in [3.05, 3.63) is 29.8 Å². The van der Waals surface area contributed by atoms with Crippen LogP contribution in [0, 0.1) is 5.92 Å². The lowest BCUT2D eigenvalue weighted by atomic mass is 9.86. The van der Waals surface area contributed by atoms with Gasteiger partial charge in [0.2, 0.25) is 0 Å². The predicted molar refractivity (Wildman–Crippen MR) is 90.4 cm³/mol. The summed E-state index contributed by atoms with van der Waals surface area (Å²) in [5.74, 6) is 0.591. The summed E-state index contributed by atoms with van der Waals surface area (Å²) < 4.78 is 5.49. The van der Waals surface area contributed by atoms with Crippen molar-refractivity contribution < 1.29 is 14.6 Å². The molecule has 2 unspecified atom stereocenters. The number of benzene rings is 1. The molecule has 5 nitrogen and oxygen atoms in total. The SMILES string of the molecule is CNC(c1ccc(O)cc1)C1CCCN(C(=O)OC(C)(C)C)C1. The Morgan fingerprint density at radius 3 is 2.57 bits per heavy atom. The lowest BCUT2D eigenvalue weighted by Gasteiger charge is -2.37. The molecular weight excluding hydrogens is 292 g/mol. The van der Waals surface area contributed by atoms with Gasteiger partial charge in [-0.25, -0.2) is 4.79 Å². The molecule has 2 N–H and O–H groups in total. The number of aromatic hydroxyl groups is 1. The fraction of sp³-hybridized carbons (Fsp3) is 0.611. The van der Waals surface area contributed by atoms with Crippen LogP contribution in [0.3, 0.4) is 0 Å². The normalized spacial score (nSPS) is 20.2. The van der Waals surface area contributed by atoms with Crippen LogP contribution in [0.15, 0.2) is 24.3 Å². The zero-order valence-corrected chi connectivity index (χ0v) is 14.5. The lowest BCUT2D eigenvalue weighted by Crippen LogP contribution is -2.45. The Kier molecular flexibility index (Phi) is 5.52. The van der Waals surface area contributed by atoms with Gasteiger partial charge in [-0.05, 0) is 64.3 Å². The molecule has 0 radical (unpaired) electrons. The number of amides is 1. The highest BCUT2D eigenvalue weighted by molar-refractivity contribution is 5.68. The van der Waals surface area contributed by atoms with Crippen molar-refractivity contribution in [3.63, 3.8) is 0 Å². The third-order valence-corrected chi connectivity index (χ3v) is 4.14. The highest BCUT2D eigenvalue weighted by Gasteiger charge is 2.31. The minimum absolute atomic E-state index is 0.154. The smallest absolute Gasteiger partial charge is 0.410 e. The van der Waals surface area contributed by atoms with Crippen LogP contribution in [0.1, 0.15) is 45.2 Å². The Hall–Kier alpha value is -1.75. The maximum Gasteiger partial charge on any atom is 0.410 e. The highest BCUT2D eigenvalue weighted by Crippen LogP contribution is 2.31. The zero-order chi connectivity index (χ0) is 17.0. The second-order valence-corrected chi connectivity index (χ2v) is 7.19. The fourth-order valence-electron chi connectivity index (χ4n) is 3.13. The van der Waals surface area contributed by atoms with Gasteiger partial charge >= 0.3 is 6.09 Å².